The first kappa shape index (κ1) is 18.5. The largest absolute Gasteiger partial charge is 0.494 e. The number of aromatic nitrogens is 1. The van der Waals surface area contributed by atoms with Gasteiger partial charge in [0.25, 0.3) is 0 Å². The number of hydrogen-bond acceptors (Lipinski definition) is 5. The van der Waals surface area contributed by atoms with Crippen LogP contribution in [0.2, 0.25) is 0 Å². The Balaban J connectivity index is 1.46. The first-order valence-corrected chi connectivity index (χ1v) is 8.80. The van der Waals surface area contributed by atoms with Crippen molar-refractivity contribution in [1.29, 1.82) is 0 Å². The van der Waals surface area contributed by atoms with Crippen LogP contribution in [0.15, 0.2) is 66.9 Å². The van der Waals surface area contributed by atoms with E-state index >= 15 is 0 Å². The first-order valence-electron chi connectivity index (χ1n) is 8.80. The minimum absolute atomic E-state index is 0.171. The van der Waals surface area contributed by atoms with Gasteiger partial charge in [0.05, 0.1) is 12.1 Å². The smallest absolute Gasteiger partial charge is 0.330 e. The molecule has 0 aliphatic heterocycles. The van der Waals surface area contributed by atoms with Crippen LogP contribution in [0.1, 0.15) is 12.5 Å². The number of carbonyl (C=O) groups is 1. The molecule has 138 valence electrons. The second-order valence-electron chi connectivity index (χ2n) is 5.68. The molecule has 27 heavy (non-hydrogen) atoms. The molecule has 3 aromatic rings. The van der Waals surface area contributed by atoms with E-state index in [1.807, 2.05) is 61.5 Å². The van der Waals surface area contributed by atoms with Crippen LogP contribution in [-0.4, -0.2) is 30.8 Å². The van der Waals surface area contributed by atoms with Gasteiger partial charge in [-0.1, -0.05) is 24.3 Å². The standard InChI is InChI=1S/C22H21NO4/c1-2-25-19-9-11-20(12-10-19)26-15-16-27-21(24)13-8-18-6-3-5-17-7-4-14-23-22(17)18/h3-14H,2,15-16H2,1H3/b13-8+. The Kier molecular flexibility index (Phi) is 6.41. The second-order valence-corrected chi connectivity index (χ2v) is 5.68. The fourth-order valence-electron chi connectivity index (χ4n) is 2.57. The maximum Gasteiger partial charge on any atom is 0.330 e. The number of hydrogen-bond donors (Lipinski definition) is 0. The summed E-state index contributed by atoms with van der Waals surface area (Å²) in [5.74, 6) is 1.08. The van der Waals surface area contributed by atoms with Crippen molar-refractivity contribution in [3.63, 3.8) is 0 Å². The molecule has 0 bridgehead atoms. The molecule has 2 aromatic carbocycles. The van der Waals surface area contributed by atoms with E-state index < -0.39 is 5.97 Å². The van der Waals surface area contributed by atoms with E-state index in [2.05, 4.69) is 4.98 Å². The molecule has 0 radical (unpaired) electrons. The molecule has 1 heterocycles. The van der Waals surface area contributed by atoms with Gasteiger partial charge in [0, 0.05) is 23.2 Å². The maximum absolute atomic E-state index is 11.9. The van der Waals surface area contributed by atoms with E-state index in [0.717, 1.165) is 22.2 Å². The molecule has 5 nitrogen and oxygen atoms in total. The number of ether oxygens (including phenoxy) is 3. The third-order valence-corrected chi connectivity index (χ3v) is 3.79. The molecule has 5 heteroatoms. The predicted molar refractivity (Wildman–Crippen MR) is 105 cm³/mol. The highest BCUT2D eigenvalue weighted by Gasteiger charge is 2.02. The van der Waals surface area contributed by atoms with E-state index in [9.17, 15) is 4.79 Å². The number of carbonyl (C=O) groups excluding carboxylic acids is 1. The minimum Gasteiger partial charge on any atom is -0.494 e. The Bertz CT molecular complexity index is 914. The molecule has 0 spiro atoms. The molecule has 0 saturated carbocycles. The highest BCUT2D eigenvalue weighted by Crippen LogP contribution is 2.18. The van der Waals surface area contributed by atoms with Crippen LogP contribution < -0.4 is 9.47 Å². The van der Waals surface area contributed by atoms with Gasteiger partial charge in [-0.05, 0) is 43.3 Å². The molecule has 0 atom stereocenters. The number of nitrogens with zero attached hydrogens (tertiary/aromatic N) is 1. The van der Waals surface area contributed by atoms with E-state index in [1.165, 1.54) is 6.08 Å². The lowest BCUT2D eigenvalue weighted by atomic mass is 10.1. The highest BCUT2D eigenvalue weighted by atomic mass is 16.6. The molecule has 0 aliphatic rings. The SMILES string of the molecule is CCOc1ccc(OCCOC(=O)/C=C/c2cccc3cccnc23)cc1. The third kappa shape index (κ3) is 5.31. The van der Waals surface area contributed by atoms with Gasteiger partial charge < -0.3 is 14.2 Å². The van der Waals surface area contributed by atoms with E-state index in [0.29, 0.717) is 12.4 Å². The van der Waals surface area contributed by atoms with Crippen molar-refractivity contribution in [2.75, 3.05) is 19.8 Å². The van der Waals surface area contributed by atoms with Crippen molar-refractivity contribution >= 4 is 22.9 Å². The fraction of sp³-hybridized carbons (Fsp3) is 0.182. The van der Waals surface area contributed by atoms with Crippen LogP contribution in [0.5, 0.6) is 11.5 Å². The van der Waals surface area contributed by atoms with Crippen LogP contribution in [0.3, 0.4) is 0 Å². The number of fused-ring (bicyclic) bond motifs is 1. The zero-order valence-corrected chi connectivity index (χ0v) is 15.1. The van der Waals surface area contributed by atoms with Crippen molar-refractivity contribution in [3.8, 4) is 11.5 Å². The van der Waals surface area contributed by atoms with Gasteiger partial charge in [-0.15, -0.1) is 0 Å². The van der Waals surface area contributed by atoms with Gasteiger partial charge in [-0.25, -0.2) is 4.79 Å². The van der Waals surface area contributed by atoms with Crippen molar-refractivity contribution in [1.82, 2.24) is 4.98 Å². The normalized spacial score (nSPS) is 10.9. The number of benzene rings is 2. The van der Waals surface area contributed by atoms with Gasteiger partial charge in [-0.2, -0.15) is 0 Å². The Morgan fingerprint density at radius 2 is 1.70 bits per heavy atom. The Labute approximate surface area is 158 Å². The summed E-state index contributed by atoms with van der Waals surface area (Å²) in [5.41, 5.74) is 1.72. The fourth-order valence-corrected chi connectivity index (χ4v) is 2.57. The van der Waals surface area contributed by atoms with Gasteiger partial charge in [0.1, 0.15) is 24.7 Å². The maximum atomic E-state index is 11.9. The molecule has 1 aromatic heterocycles. The topological polar surface area (TPSA) is 57.7 Å². The summed E-state index contributed by atoms with van der Waals surface area (Å²) in [7, 11) is 0. The summed E-state index contributed by atoms with van der Waals surface area (Å²) in [4.78, 5) is 16.2. The monoisotopic (exact) mass is 363 g/mol. The molecule has 0 unspecified atom stereocenters. The Hall–Kier alpha value is -3.34. The van der Waals surface area contributed by atoms with Crippen LogP contribution in [-0.2, 0) is 9.53 Å². The lowest BCUT2D eigenvalue weighted by Crippen LogP contribution is -2.10. The second kappa shape index (κ2) is 9.38. The van der Waals surface area contributed by atoms with Crippen LogP contribution in [0.25, 0.3) is 17.0 Å². The molecule has 3 rings (SSSR count). The first-order chi connectivity index (χ1) is 13.3. The van der Waals surface area contributed by atoms with E-state index in [-0.39, 0.29) is 13.2 Å². The summed E-state index contributed by atoms with van der Waals surface area (Å²) in [5, 5.41) is 1.02. The summed E-state index contributed by atoms with van der Waals surface area (Å²) in [6, 6.07) is 17.0. The third-order valence-electron chi connectivity index (χ3n) is 3.79. The van der Waals surface area contributed by atoms with Crippen molar-refractivity contribution < 1.29 is 19.0 Å². The van der Waals surface area contributed by atoms with Gasteiger partial charge in [0.15, 0.2) is 0 Å². The van der Waals surface area contributed by atoms with Gasteiger partial charge in [0.2, 0.25) is 0 Å². The molecular weight excluding hydrogens is 342 g/mol. The van der Waals surface area contributed by atoms with Crippen molar-refractivity contribution in [3.05, 3.63) is 72.4 Å². The quantitative estimate of drug-likeness (QED) is 0.340. The van der Waals surface area contributed by atoms with Crippen LogP contribution >= 0.6 is 0 Å². The predicted octanol–water partition coefficient (Wildman–Crippen LogP) is 4.27. The number of para-hydroxylation sites is 1. The van der Waals surface area contributed by atoms with Crippen LogP contribution in [0.4, 0.5) is 0 Å². The number of rotatable bonds is 8. The molecule has 0 aliphatic carbocycles. The molecule has 0 fully saturated rings. The average molecular weight is 363 g/mol. The zero-order valence-electron chi connectivity index (χ0n) is 15.1. The van der Waals surface area contributed by atoms with E-state index in [1.54, 1.807) is 12.3 Å². The highest BCUT2D eigenvalue weighted by molar-refractivity contribution is 5.92. The summed E-state index contributed by atoms with van der Waals surface area (Å²) in [6.45, 7) is 3.01. The number of esters is 1. The summed E-state index contributed by atoms with van der Waals surface area (Å²) in [6.07, 6.45) is 4.85. The molecule has 0 amide bonds. The van der Waals surface area contributed by atoms with Gasteiger partial charge >= 0.3 is 5.97 Å². The lowest BCUT2D eigenvalue weighted by Gasteiger charge is -2.07. The van der Waals surface area contributed by atoms with E-state index in [4.69, 9.17) is 14.2 Å². The molecule has 0 N–H and O–H groups in total. The number of pyridine rings is 1. The molecular formula is C22H21NO4. The van der Waals surface area contributed by atoms with Crippen molar-refractivity contribution in [2.45, 2.75) is 6.92 Å². The molecule has 0 saturated heterocycles. The summed E-state index contributed by atoms with van der Waals surface area (Å²) < 4.78 is 16.1. The Morgan fingerprint density at radius 3 is 2.48 bits per heavy atom. The summed E-state index contributed by atoms with van der Waals surface area (Å²) >= 11 is 0. The zero-order chi connectivity index (χ0) is 18.9. The van der Waals surface area contributed by atoms with Crippen molar-refractivity contribution in [2.24, 2.45) is 0 Å². The van der Waals surface area contributed by atoms with Crippen LogP contribution in [0, 0.1) is 0 Å². The lowest BCUT2D eigenvalue weighted by molar-refractivity contribution is -0.138. The van der Waals surface area contributed by atoms with Gasteiger partial charge in [-0.3, -0.25) is 4.98 Å². The average Bonchev–Trinajstić information content (AvgIpc) is 2.71. The minimum atomic E-state index is -0.418. The Morgan fingerprint density at radius 1 is 0.963 bits per heavy atom.